The van der Waals surface area contributed by atoms with Crippen molar-refractivity contribution in [3.05, 3.63) is 88.4 Å². The number of ketones is 1. The summed E-state index contributed by atoms with van der Waals surface area (Å²) >= 11 is 1.54. The average Bonchev–Trinajstić information content (AvgIpc) is 3.19. The number of carboxylic acid groups (broad SMARTS) is 1. The number of carbonyl (C=O) groups excluding carboxylic acids is 1. The van der Waals surface area contributed by atoms with Crippen LogP contribution in [0.15, 0.2) is 66.7 Å². The van der Waals surface area contributed by atoms with Crippen molar-refractivity contribution in [2.75, 3.05) is 0 Å². The molecule has 4 aromatic rings. The highest BCUT2D eigenvalue weighted by Gasteiger charge is 2.11. The van der Waals surface area contributed by atoms with Gasteiger partial charge in [-0.1, -0.05) is 36.4 Å². The third kappa shape index (κ3) is 5.05. The highest BCUT2D eigenvalue weighted by atomic mass is 32.1. The van der Waals surface area contributed by atoms with Crippen molar-refractivity contribution in [3.8, 4) is 11.1 Å². The molecule has 0 amide bonds. The smallest absolute Gasteiger partial charge is 0.335 e. The van der Waals surface area contributed by atoms with Crippen molar-refractivity contribution in [2.24, 2.45) is 5.73 Å². The second-order valence-corrected chi connectivity index (χ2v) is 8.53. The van der Waals surface area contributed by atoms with Gasteiger partial charge in [-0.15, -0.1) is 11.3 Å². The van der Waals surface area contributed by atoms with Crippen LogP contribution in [-0.4, -0.2) is 21.8 Å². The number of thiazole rings is 1. The molecule has 1 aromatic heterocycles. The van der Waals surface area contributed by atoms with E-state index >= 15 is 0 Å². The summed E-state index contributed by atoms with van der Waals surface area (Å²) in [6.07, 6.45) is 1.17. The van der Waals surface area contributed by atoms with Crippen molar-refractivity contribution in [3.63, 3.8) is 0 Å². The van der Waals surface area contributed by atoms with Gasteiger partial charge >= 0.3 is 5.97 Å². The molecule has 0 unspecified atom stereocenters. The molecule has 4 rings (SSSR count). The number of aromatic nitrogens is 1. The molecule has 0 atom stereocenters. The standard InChI is InChI=1S/C25H22N2O3S/c26-15-17-4-2-5-18(12-17)19-8-10-22-23(13-19)31-24(27-22)14-21(28)9-7-16-3-1-6-20(11-16)25(29)30/h1-6,8,10-13H,7,9,14-15,26H2,(H,29,30). The Hall–Kier alpha value is -3.35. The minimum absolute atomic E-state index is 0.0932. The highest BCUT2D eigenvalue weighted by Crippen LogP contribution is 2.29. The molecule has 0 spiro atoms. The van der Waals surface area contributed by atoms with Gasteiger partial charge in [0.25, 0.3) is 0 Å². The summed E-state index contributed by atoms with van der Waals surface area (Å²) in [5, 5.41) is 9.89. The number of fused-ring (bicyclic) bond motifs is 1. The number of aryl methyl sites for hydroxylation is 1. The van der Waals surface area contributed by atoms with E-state index in [1.807, 2.05) is 30.3 Å². The van der Waals surface area contributed by atoms with Crippen LogP contribution in [-0.2, 0) is 24.2 Å². The molecular formula is C25H22N2O3S. The zero-order valence-electron chi connectivity index (χ0n) is 16.9. The minimum atomic E-state index is -0.961. The average molecular weight is 431 g/mol. The molecule has 0 saturated heterocycles. The van der Waals surface area contributed by atoms with Crippen LogP contribution in [0.2, 0.25) is 0 Å². The number of hydrogen-bond acceptors (Lipinski definition) is 5. The first-order valence-corrected chi connectivity index (χ1v) is 10.9. The first-order chi connectivity index (χ1) is 15.0. The highest BCUT2D eigenvalue weighted by molar-refractivity contribution is 7.18. The van der Waals surface area contributed by atoms with Crippen LogP contribution in [0.1, 0.15) is 32.9 Å². The molecule has 3 aromatic carbocycles. The minimum Gasteiger partial charge on any atom is -0.478 e. The van der Waals surface area contributed by atoms with Crippen LogP contribution in [0.25, 0.3) is 21.3 Å². The van der Waals surface area contributed by atoms with Gasteiger partial charge in [-0.05, 0) is 59.0 Å². The van der Waals surface area contributed by atoms with Gasteiger partial charge in [0.1, 0.15) is 10.8 Å². The lowest BCUT2D eigenvalue weighted by Crippen LogP contribution is -2.05. The fraction of sp³-hybridized carbons (Fsp3) is 0.160. The Morgan fingerprint density at radius 3 is 2.52 bits per heavy atom. The molecule has 0 aliphatic carbocycles. The Morgan fingerprint density at radius 2 is 1.71 bits per heavy atom. The molecule has 3 N–H and O–H groups in total. The summed E-state index contributed by atoms with van der Waals surface area (Å²) < 4.78 is 1.05. The SMILES string of the molecule is NCc1cccc(-c2ccc3nc(CC(=O)CCc4cccc(C(=O)O)c4)sc3c2)c1. The van der Waals surface area contributed by atoms with E-state index in [2.05, 4.69) is 23.2 Å². The predicted molar refractivity (Wildman–Crippen MR) is 123 cm³/mol. The van der Waals surface area contributed by atoms with Crippen molar-refractivity contribution >= 4 is 33.3 Å². The predicted octanol–water partition coefficient (Wildman–Crippen LogP) is 4.86. The van der Waals surface area contributed by atoms with Gasteiger partial charge in [0.2, 0.25) is 0 Å². The summed E-state index contributed by atoms with van der Waals surface area (Å²) in [5.74, 6) is -0.868. The lowest BCUT2D eigenvalue weighted by atomic mass is 10.0. The lowest BCUT2D eigenvalue weighted by molar-refractivity contribution is -0.118. The van der Waals surface area contributed by atoms with Gasteiger partial charge in [-0.25, -0.2) is 9.78 Å². The number of aromatic carboxylic acids is 1. The summed E-state index contributed by atoms with van der Waals surface area (Å²) in [6, 6.07) is 21.0. The van der Waals surface area contributed by atoms with Crippen molar-refractivity contribution in [1.29, 1.82) is 0 Å². The van der Waals surface area contributed by atoms with E-state index in [9.17, 15) is 9.59 Å². The van der Waals surface area contributed by atoms with Crippen LogP contribution in [0, 0.1) is 0 Å². The van der Waals surface area contributed by atoms with E-state index in [4.69, 9.17) is 10.8 Å². The number of carboxylic acids is 1. The molecule has 1 heterocycles. The number of hydrogen-bond donors (Lipinski definition) is 2. The maximum atomic E-state index is 12.5. The number of nitrogens with two attached hydrogens (primary N) is 1. The van der Waals surface area contributed by atoms with Gasteiger partial charge in [0, 0.05) is 13.0 Å². The Bertz CT molecular complexity index is 1260. The number of benzene rings is 3. The largest absolute Gasteiger partial charge is 0.478 e. The van der Waals surface area contributed by atoms with Crippen LogP contribution in [0.3, 0.4) is 0 Å². The molecule has 0 bridgehead atoms. The first kappa shape index (κ1) is 20.9. The fourth-order valence-electron chi connectivity index (χ4n) is 3.51. The molecule has 156 valence electrons. The maximum absolute atomic E-state index is 12.5. The maximum Gasteiger partial charge on any atom is 0.335 e. The third-order valence-corrected chi connectivity index (χ3v) is 6.16. The molecular weight excluding hydrogens is 408 g/mol. The normalized spacial score (nSPS) is 11.0. The fourth-order valence-corrected chi connectivity index (χ4v) is 4.54. The van der Waals surface area contributed by atoms with Crippen molar-refractivity contribution in [1.82, 2.24) is 4.98 Å². The van der Waals surface area contributed by atoms with E-state index in [0.717, 1.165) is 37.5 Å². The first-order valence-electron chi connectivity index (χ1n) is 10.0. The summed E-state index contributed by atoms with van der Waals surface area (Å²) in [5.41, 5.74) is 11.0. The Kier molecular flexibility index (Phi) is 6.21. The second-order valence-electron chi connectivity index (χ2n) is 7.42. The van der Waals surface area contributed by atoms with E-state index in [1.54, 1.807) is 18.2 Å². The molecule has 5 nitrogen and oxygen atoms in total. The van der Waals surface area contributed by atoms with Crippen LogP contribution >= 0.6 is 11.3 Å². The zero-order chi connectivity index (χ0) is 21.8. The molecule has 0 saturated carbocycles. The van der Waals surface area contributed by atoms with Gasteiger partial charge in [-0.2, -0.15) is 0 Å². The summed E-state index contributed by atoms with van der Waals surface area (Å²) in [6.45, 7) is 0.503. The molecule has 6 heteroatoms. The molecule has 0 aliphatic heterocycles. The second kappa shape index (κ2) is 9.20. The van der Waals surface area contributed by atoms with Gasteiger partial charge in [0.05, 0.1) is 22.2 Å². The van der Waals surface area contributed by atoms with Crippen LogP contribution < -0.4 is 5.73 Å². The monoisotopic (exact) mass is 430 g/mol. The number of rotatable bonds is 8. The van der Waals surface area contributed by atoms with Crippen LogP contribution in [0.5, 0.6) is 0 Å². The third-order valence-electron chi connectivity index (χ3n) is 5.14. The molecule has 0 aliphatic rings. The van der Waals surface area contributed by atoms with E-state index in [0.29, 0.717) is 19.4 Å². The van der Waals surface area contributed by atoms with E-state index in [1.165, 1.54) is 11.3 Å². The Morgan fingerprint density at radius 1 is 0.935 bits per heavy atom. The van der Waals surface area contributed by atoms with Crippen LogP contribution in [0.4, 0.5) is 0 Å². The summed E-state index contributed by atoms with van der Waals surface area (Å²) in [7, 11) is 0. The van der Waals surface area contributed by atoms with Gasteiger partial charge < -0.3 is 10.8 Å². The van der Waals surface area contributed by atoms with E-state index < -0.39 is 5.97 Å². The van der Waals surface area contributed by atoms with Crippen molar-refractivity contribution < 1.29 is 14.7 Å². The zero-order valence-corrected chi connectivity index (χ0v) is 17.7. The molecule has 0 fully saturated rings. The summed E-state index contributed by atoms with van der Waals surface area (Å²) in [4.78, 5) is 28.2. The van der Waals surface area contributed by atoms with Gasteiger partial charge in [-0.3, -0.25) is 4.79 Å². The molecule has 0 radical (unpaired) electrons. The lowest BCUT2D eigenvalue weighted by Gasteiger charge is -2.04. The Labute approximate surface area is 184 Å². The number of carbonyl (C=O) groups is 2. The molecule has 31 heavy (non-hydrogen) atoms. The number of Topliss-reactive ketones (excluding diaryl/α,β-unsaturated/α-hetero) is 1. The quantitative estimate of drug-likeness (QED) is 0.416. The van der Waals surface area contributed by atoms with E-state index in [-0.39, 0.29) is 17.8 Å². The van der Waals surface area contributed by atoms with Crippen molar-refractivity contribution in [2.45, 2.75) is 25.8 Å². The topological polar surface area (TPSA) is 93.3 Å². The number of nitrogens with zero attached hydrogens (tertiary/aromatic N) is 1. The Balaban J connectivity index is 1.44. The van der Waals surface area contributed by atoms with Gasteiger partial charge in [0.15, 0.2) is 0 Å².